The first kappa shape index (κ1) is 12.7. The fourth-order valence-corrected chi connectivity index (χ4v) is 2.06. The van der Waals surface area contributed by atoms with Crippen LogP contribution in [0.25, 0.3) is 0 Å². The van der Waals surface area contributed by atoms with E-state index in [-0.39, 0.29) is 0 Å². The van der Waals surface area contributed by atoms with Gasteiger partial charge in [0.1, 0.15) is 0 Å². The lowest BCUT2D eigenvalue weighted by Crippen LogP contribution is -2.20. The summed E-state index contributed by atoms with van der Waals surface area (Å²) in [5.41, 5.74) is 9.10. The van der Waals surface area contributed by atoms with Crippen molar-refractivity contribution in [1.82, 2.24) is 5.32 Å². The van der Waals surface area contributed by atoms with Crippen LogP contribution in [0.15, 0.2) is 54.6 Å². The molecule has 0 saturated carbocycles. The number of rotatable bonds is 5. The quantitative estimate of drug-likeness (QED) is 0.785. The summed E-state index contributed by atoms with van der Waals surface area (Å²) < 4.78 is 0. The predicted molar refractivity (Wildman–Crippen MR) is 77.2 cm³/mol. The summed E-state index contributed by atoms with van der Waals surface area (Å²) in [6, 6.07) is 19.0. The van der Waals surface area contributed by atoms with Crippen molar-refractivity contribution in [3.63, 3.8) is 0 Å². The Morgan fingerprint density at radius 3 is 2.28 bits per heavy atom. The molecule has 0 aliphatic rings. The first-order chi connectivity index (χ1) is 8.79. The minimum Gasteiger partial charge on any atom is -0.399 e. The van der Waals surface area contributed by atoms with Crippen LogP contribution in [0.2, 0.25) is 0 Å². The Bertz CT molecular complexity index is 462. The first-order valence-electron chi connectivity index (χ1n) is 6.42. The lowest BCUT2D eigenvalue weighted by molar-refractivity contribution is 0.519. The summed E-state index contributed by atoms with van der Waals surface area (Å²) in [5, 5.41) is 3.58. The van der Waals surface area contributed by atoms with E-state index < -0.39 is 0 Å². The zero-order valence-corrected chi connectivity index (χ0v) is 10.8. The van der Waals surface area contributed by atoms with Gasteiger partial charge in [-0.05, 0) is 29.7 Å². The van der Waals surface area contributed by atoms with E-state index in [1.807, 2.05) is 12.1 Å². The van der Waals surface area contributed by atoms with Crippen molar-refractivity contribution >= 4 is 5.69 Å². The average Bonchev–Trinajstić information content (AvgIpc) is 2.43. The van der Waals surface area contributed by atoms with Gasteiger partial charge in [0.15, 0.2) is 0 Å². The Kier molecular flexibility index (Phi) is 4.37. The van der Waals surface area contributed by atoms with Crippen LogP contribution in [0.3, 0.4) is 0 Å². The van der Waals surface area contributed by atoms with Crippen molar-refractivity contribution < 1.29 is 0 Å². The molecule has 2 aromatic carbocycles. The van der Waals surface area contributed by atoms with Gasteiger partial charge in [0, 0.05) is 18.3 Å². The number of nitrogen functional groups attached to an aromatic ring is 1. The lowest BCUT2D eigenvalue weighted by atomic mass is 10.0. The summed E-state index contributed by atoms with van der Waals surface area (Å²) in [5.74, 6) is 0. The summed E-state index contributed by atoms with van der Waals surface area (Å²) in [6.45, 7) is 3.07. The summed E-state index contributed by atoms with van der Waals surface area (Å²) in [4.78, 5) is 0. The van der Waals surface area contributed by atoms with E-state index in [1.54, 1.807) is 0 Å². The van der Waals surface area contributed by atoms with Gasteiger partial charge in [0.05, 0.1) is 0 Å². The predicted octanol–water partition coefficient (Wildman–Crippen LogP) is 3.51. The molecule has 1 atom stereocenters. The molecule has 0 fully saturated rings. The standard InChI is InChI=1S/C16H20N2/c1-2-16(14-6-4-3-5-7-14)18-12-13-8-10-15(17)11-9-13/h3-11,16,18H,2,12,17H2,1H3/t16-/m0/s1. The van der Waals surface area contributed by atoms with Crippen molar-refractivity contribution in [2.24, 2.45) is 0 Å². The van der Waals surface area contributed by atoms with Crippen molar-refractivity contribution in [3.8, 4) is 0 Å². The minimum atomic E-state index is 0.406. The number of hydrogen-bond donors (Lipinski definition) is 2. The largest absolute Gasteiger partial charge is 0.399 e. The molecule has 0 bridgehead atoms. The molecule has 18 heavy (non-hydrogen) atoms. The Hall–Kier alpha value is -1.80. The summed E-state index contributed by atoms with van der Waals surface area (Å²) in [7, 11) is 0. The van der Waals surface area contributed by atoms with E-state index >= 15 is 0 Å². The van der Waals surface area contributed by atoms with E-state index in [9.17, 15) is 0 Å². The third-order valence-electron chi connectivity index (χ3n) is 3.14. The molecule has 0 heterocycles. The van der Waals surface area contributed by atoms with Gasteiger partial charge in [-0.25, -0.2) is 0 Å². The molecular weight excluding hydrogens is 220 g/mol. The van der Waals surface area contributed by atoms with Gasteiger partial charge in [0.2, 0.25) is 0 Å². The number of hydrogen-bond acceptors (Lipinski definition) is 2. The lowest BCUT2D eigenvalue weighted by Gasteiger charge is -2.17. The van der Waals surface area contributed by atoms with Gasteiger partial charge in [-0.15, -0.1) is 0 Å². The highest BCUT2D eigenvalue weighted by atomic mass is 14.9. The van der Waals surface area contributed by atoms with Crippen molar-refractivity contribution in [2.75, 3.05) is 5.73 Å². The third kappa shape index (κ3) is 3.34. The second-order valence-corrected chi connectivity index (χ2v) is 4.49. The first-order valence-corrected chi connectivity index (χ1v) is 6.42. The molecule has 0 amide bonds. The van der Waals surface area contributed by atoms with Crippen molar-refractivity contribution in [3.05, 3.63) is 65.7 Å². The molecule has 2 heteroatoms. The maximum absolute atomic E-state index is 5.68. The van der Waals surface area contributed by atoms with Gasteiger partial charge in [-0.1, -0.05) is 49.4 Å². The fourth-order valence-electron chi connectivity index (χ4n) is 2.06. The number of anilines is 1. The van der Waals surface area contributed by atoms with Gasteiger partial charge in [-0.3, -0.25) is 0 Å². The Morgan fingerprint density at radius 2 is 1.67 bits per heavy atom. The van der Waals surface area contributed by atoms with Crippen molar-refractivity contribution in [1.29, 1.82) is 0 Å². The molecule has 0 radical (unpaired) electrons. The highest BCUT2D eigenvalue weighted by Gasteiger charge is 2.07. The molecule has 0 aliphatic heterocycles. The van der Waals surface area contributed by atoms with Gasteiger partial charge in [-0.2, -0.15) is 0 Å². The van der Waals surface area contributed by atoms with E-state index in [4.69, 9.17) is 5.73 Å². The van der Waals surface area contributed by atoms with E-state index in [0.29, 0.717) is 6.04 Å². The molecule has 0 saturated heterocycles. The van der Waals surface area contributed by atoms with Crippen LogP contribution in [0.5, 0.6) is 0 Å². The van der Waals surface area contributed by atoms with E-state index in [2.05, 4.69) is 54.7 Å². The molecule has 2 nitrogen and oxygen atoms in total. The molecule has 3 N–H and O–H groups in total. The number of nitrogens with one attached hydrogen (secondary N) is 1. The second-order valence-electron chi connectivity index (χ2n) is 4.49. The highest BCUT2D eigenvalue weighted by Crippen LogP contribution is 2.16. The zero-order chi connectivity index (χ0) is 12.8. The van der Waals surface area contributed by atoms with E-state index in [0.717, 1.165) is 18.7 Å². The smallest absolute Gasteiger partial charge is 0.0320 e. The monoisotopic (exact) mass is 240 g/mol. The maximum Gasteiger partial charge on any atom is 0.0320 e. The number of nitrogens with two attached hydrogens (primary N) is 1. The molecular formula is C16H20N2. The van der Waals surface area contributed by atoms with Crippen molar-refractivity contribution in [2.45, 2.75) is 25.9 Å². The molecule has 0 unspecified atom stereocenters. The zero-order valence-electron chi connectivity index (χ0n) is 10.8. The van der Waals surface area contributed by atoms with Crippen LogP contribution in [-0.2, 0) is 6.54 Å². The molecule has 0 aromatic heterocycles. The summed E-state index contributed by atoms with van der Waals surface area (Å²) in [6.07, 6.45) is 1.08. The average molecular weight is 240 g/mol. The fraction of sp³-hybridized carbons (Fsp3) is 0.250. The Morgan fingerprint density at radius 1 is 1.00 bits per heavy atom. The van der Waals surface area contributed by atoms with Crippen LogP contribution < -0.4 is 11.1 Å². The third-order valence-corrected chi connectivity index (χ3v) is 3.14. The van der Waals surface area contributed by atoms with Gasteiger partial charge >= 0.3 is 0 Å². The van der Waals surface area contributed by atoms with Crippen LogP contribution in [0.4, 0.5) is 5.69 Å². The topological polar surface area (TPSA) is 38.0 Å². The Labute approximate surface area is 109 Å². The van der Waals surface area contributed by atoms with E-state index in [1.165, 1.54) is 11.1 Å². The minimum absolute atomic E-state index is 0.406. The molecule has 94 valence electrons. The number of benzene rings is 2. The highest BCUT2D eigenvalue weighted by molar-refractivity contribution is 5.39. The summed E-state index contributed by atoms with van der Waals surface area (Å²) >= 11 is 0. The van der Waals surface area contributed by atoms with Crippen LogP contribution in [0.1, 0.15) is 30.5 Å². The molecule has 2 rings (SSSR count). The van der Waals surface area contributed by atoms with Crippen LogP contribution >= 0.6 is 0 Å². The van der Waals surface area contributed by atoms with Crippen LogP contribution in [0, 0.1) is 0 Å². The van der Waals surface area contributed by atoms with Gasteiger partial charge in [0.25, 0.3) is 0 Å². The molecule has 0 aliphatic carbocycles. The molecule has 2 aromatic rings. The molecule has 0 spiro atoms. The SMILES string of the molecule is CC[C@H](NCc1ccc(N)cc1)c1ccccc1. The van der Waals surface area contributed by atoms with Gasteiger partial charge < -0.3 is 11.1 Å². The van der Waals surface area contributed by atoms with Crippen LogP contribution in [-0.4, -0.2) is 0 Å². The Balaban J connectivity index is 1.97. The second kappa shape index (κ2) is 6.22. The maximum atomic E-state index is 5.68. The normalized spacial score (nSPS) is 12.3.